The quantitative estimate of drug-likeness (QED) is 0.357. The fourth-order valence-corrected chi connectivity index (χ4v) is 3.97. The Morgan fingerprint density at radius 1 is 0.944 bits per heavy atom. The topological polar surface area (TPSA) is 72.2 Å². The lowest BCUT2D eigenvalue weighted by Gasteiger charge is -2.30. The number of hydrogen-bond acceptors (Lipinski definition) is 5. The van der Waals surface area contributed by atoms with Gasteiger partial charge in [0.05, 0.1) is 27.0 Å². The second kappa shape index (κ2) is 12.8. The molecule has 0 aliphatic carbocycles. The second-order valence-electron chi connectivity index (χ2n) is 8.91. The lowest BCUT2D eigenvalue weighted by Crippen LogP contribution is -2.46. The Hall–Kier alpha value is -3.74. The van der Waals surface area contributed by atoms with E-state index in [1.807, 2.05) is 62.4 Å². The number of carbonyl (C=O) groups is 2. The van der Waals surface area contributed by atoms with Crippen molar-refractivity contribution in [3.05, 3.63) is 83.3 Å². The van der Waals surface area contributed by atoms with Gasteiger partial charge in [0.2, 0.25) is 5.91 Å². The van der Waals surface area contributed by atoms with E-state index in [1.54, 1.807) is 36.3 Å². The molecular formula is C29H36N2O5. The van der Waals surface area contributed by atoms with E-state index in [0.29, 0.717) is 42.3 Å². The zero-order valence-corrected chi connectivity index (χ0v) is 21.8. The molecule has 36 heavy (non-hydrogen) atoms. The zero-order valence-electron chi connectivity index (χ0n) is 21.8. The summed E-state index contributed by atoms with van der Waals surface area (Å²) in [4.78, 5) is 30.1. The van der Waals surface area contributed by atoms with Crippen LogP contribution in [-0.2, 0) is 24.2 Å². The van der Waals surface area contributed by atoms with Gasteiger partial charge < -0.3 is 23.7 Å². The predicted molar refractivity (Wildman–Crippen MR) is 139 cm³/mol. The van der Waals surface area contributed by atoms with Gasteiger partial charge in [0.1, 0.15) is 12.3 Å². The highest BCUT2D eigenvalue weighted by molar-refractivity contribution is 5.96. The molecule has 0 saturated heterocycles. The third-order valence-electron chi connectivity index (χ3n) is 6.20. The predicted octanol–water partition coefficient (Wildman–Crippen LogP) is 4.98. The lowest BCUT2D eigenvalue weighted by molar-refractivity contribution is -0.133. The highest BCUT2D eigenvalue weighted by atomic mass is 16.5. The van der Waals surface area contributed by atoms with Gasteiger partial charge in [0, 0.05) is 18.2 Å². The number of furan rings is 1. The maximum absolute atomic E-state index is 13.5. The third kappa shape index (κ3) is 6.90. The van der Waals surface area contributed by atoms with Gasteiger partial charge >= 0.3 is 0 Å². The van der Waals surface area contributed by atoms with Gasteiger partial charge in [-0.2, -0.15) is 0 Å². The van der Waals surface area contributed by atoms with Crippen LogP contribution in [0.3, 0.4) is 0 Å². The summed E-state index contributed by atoms with van der Waals surface area (Å²) >= 11 is 0. The van der Waals surface area contributed by atoms with Crippen LogP contribution in [0.15, 0.2) is 65.3 Å². The molecule has 0 aliphatic rings. The van der Waals surface area contributed by atoms with Gasteiger partial charge in [-0.25, -0.2) is 0 Å². The number of benzene rings is 2. The van der Waals surface area contributed by atoms with Gasteiger partial charge in [0.15, 0.2) is 11.5 Å². The van der Waals surface area contributed by atoms with E-state index in [-0.39, 0.29) is 24.4 Å². The molecule has 192 valence electrons. The molecule has 7 heteroatoms. The normalized spacial score (nSPS) is 10.8. The van der Waals surface area contributed by atoms with E-state index in [2.05, 4.69) is 6.92 Å². The minimum absolute atomic E-state index is 0.0152. The van der Waals surface area contributed by atoms with Gasteiger partial charge in [-0.3, -0.25) is 9.59 Å². The van der Waals surface area contributed by atoms with Crippen molar-refractivity contribution in [1.82, 2.24) is 9.80 Å². The average molecular weight is 493 g/mol. The van der Waals surface area contributed by atoms with Crippen molar-refractivity contribution in [2.24, 2.45) is 0 Å². The van der Waals surface area contributed by atoms with Crippen molar-refractivity contribution in [2.45, 2.75) is 46.2 Å². The molecule has 1 heterocycles. The van der Waals surface area contributed by atoms with E-state index in [9.17, 15) is 9.59 Å². The van der Waals surface area contributed by atoms with Crippen LogP contribution in [0.25, 0.3) is 0 Å². The number of aryl methyl sites for hydroxylation is 1. The van der Waals surface area contributed by atoms with Crippen LogP contribution in [-0.4, -0.2) is 55.0 Å². The van der Waals surface area contributed by atoms with Crippen LogP contribution < -0.4 is 9.47 Å². The van der Waals surface area contributed by atoms with Crippen molar-refractivity contribution >= 4 is 11.8 Å². The third-order valence-corrected chi connectivity index (χ3v) is 6.20. The molecule has 7 nitrogen and oxygen atoms in total. The molecule has 2 aromatic carbocycles. The fourth-order valence-electron chi connectivity index (χ4n) is 3.97. The van der Waals surface area contributed by atoms with Gasteiger partial charge in [-0.05, 0) is 74.2 Å². The van der Waals surface area contributed by atoms with E-state index >= 15 is 0 Å². The Labute approximate surface area is 213 Å². The summed E-state index contributed by atoms with van der Waals surface area (Å²) in [6.07, 6.45) is 3.11. The Morgan fingerprint density at radius 3 is 2.22 bits per heavy atom. The van der Waals surface area contributed by atoms with Gasteiger partial charge in [-0.1, -0.05) is 25.1 Å². The zero-order chi connectivity index (χ0) is 26.1. The Bertz CT molecular complexity index is 1120. The number of carbonyl (C=O) groups excluding carboxylic acids is 2. The smallest absolute Gasteiger partial charge is 0.254 e. The molecule has 0 atom stereocenters. The van der Waals surface area contributed by atoms with Crippen LogP contribution in [0, 0.1) is 0 Å². The highest BCUT2D eigenvalue weighted by Gasteiger charge is 2.25. The van der Waals surface area contributed by atoms with Crippen LogP contribution in [0.5, 0.6) is 11.5 Å². The van der Waals surface area contributed by atoms with Crippen molar-refractivity contribution in [1.29, 1.82) is 0 Å². The summed E-state index contributed by atoms with van der Waals surface area (Å²) in [7, 11) is 3.20. The number of hydrogen-bond donors (Lipinski definition) is 0. The molecule has 0 radical (unpaired) electrons. The summed E-state index contributed by atoms with van der Waals surface area (Å²) in [5.41, 5.74) is 2.76. The van der Waals surface area contributed by atoms with E-state index in [4.69, 9.17) is 13.9 Å². The highest BCUT2D eigenvalue weighted by Crippen LogP contribution is 2.28. The van der Waals surface area contributed by atoms with Crippen LogP contribution in [0.4, 0.5) is 0 Å². The Kier molecular flexibility index (Phi) is 9.56. The Balaban J connectivity index is 1.76. The monoisotopic (exact) mass is 492 g/mol. The first kappa shape index (κ1) is 26.9. The number of ether oxygens (including phenoxy) is 2. The minimum atomic E-state index is -0.154. The first-order valence-corrected chi connectivity index (χ1v) is 12.3. The second-order valence-corrected chi connectivity index (χ2v) is 8.91. The summed E-state index contributed by atoms with van der Waals surface area (Å²) in [5, 5.41) is 0. The number of nitrogens with zero attached hydrogens (tertiary/aromatic N) is 2. The number of methoxy groups -OCH3 is 2. The Morgan fingerprint density at radius 2 is 1.64 bits per heavy atom. The van der Waals surface area contributed by atoms with Crippen LogP contribution >= 0.6 is 0 Å². The number of amides is 2. The first-order valence-electron chi connectivity index (χ1n) is 12.3. The standard InChI is InChI=1S/C29H36N2O5/c1-6-22-9-12-24(13-10-22)29(33)31(21(2)3)20-28(32)30(19-25-8-7-17-36-25)16-15-23-11-14-26(34-4)27(18-23)35-5/h7-14,17-18,21H,6,15-16,19-20H2,1-5H3. The molecule has 0 unspecified atom stereocenters. The van der Waals surface area contributed by atoms with Crippen molar-refractivity contribution in [2.75, 3.05) is 27.3 Å². The fraction of sp³-hybridized carbons (Fsp3) is 0.379. The molecule has 1 aromatic heterocycles. The number of rotatable bonds is 12. The van der Waals surface area contributed by atoms with Crippen molar-refractivity contribution in [3.8, 4) is 11.5 Å². The van der Waals surface area contributed by atoms with E-state index in [0.717, 1.165) is 12.0 Å². The molecule has 0 bridgehead atoms. The van der Waals surface area contributed by atoms with Crippen molar-refractivity contribution < 1.29 is 23.5 Å². The first-order chi connectivity index (χ1) is 17.4. The van der Waals surface area contributed by atoms with E-state index < -0.39 is 0 Å². The molecule has 0 fully saturated rings. The summed E-state index contributed by atoms with van der Waals surface area (Å²) in [6.45, 7) is 6.69. The largest absolute Gasteiger partial charge is 0.493 e. The molecule has 3 aromatic rings. The van der Waals surface area contributed by atoms with Crippen LogP contribution in [0.1, 0.15) is 48.0 Å². The molecule has 2 amide bonds. The molecule has 0 aliphatic heterocycles. The SMILES string of the molecule is CCc1ccc(C(=O)N(CC(=O)N(CCc2ccc(OC)c(OC)c2)Cc2ccco2)C(C)C)cc1. The molecular weight excluding hydrogens is 456 g/mol. The average Bonchev–Trinajstić information content (AvgIpc) is 3.42. The van der Waals surface area contributed by atoms with Gasteiger partial charge in [-0.15, -0.1) is 0 Å². The maximum Gasteiger partial charge on any atom is 0.254 e. The van der Waals surface area contributed by atoms with E-state index in [1.165, 1.54) is 5.56 Å². The molecule has 0 spiro atoms. The molecule has 3 rings (SSSR count). The van der Waals surface area contributed by atoms with Crippen LogP contribution in [0.2, 0.25) is 0 Å². The van der Waals surface area contributed by atoms with Gasteiger partial charge in [0.25, 0.3) is 5.91 Å². The van der Waals surface area contributed by atoms with Crippen molar-refractivity contribution in [3.63, 3.8) is 0 Å². The lowest BCUT2D eigenvalue weighted by atomic mass is 10.1. The summed E-state index contributed by atoms with van der Waals surface area (Å²) < 4.78 is 16.3. The maximum atomic E-state index is 13.5. The minimum Gasteiger partial charge on any atom is -0.493 e. The molecule has 0 N–H and O–H groups in total. The summed E-state index contributed by atoms with van der Waals surface area (Å²) in [5.74, 6) is 1.69. The summed E-state index contributed by atoms with van der Waals surface area (Å²) in [6, 6.07) is 16.8. The molecule has 0 saturated carbocycles.